The minimum absolute atomic E-state index is 0.142. The van der Waals surface area contributed by atoms with E-state index in [9.17, 15) is 4.79 Å². The number of piperidine rings is 1. The van der Waals surface area contributed by atoms with Crippen LogP contribution in [-0.2, 0) is 0 Å². The SMILES string of the molecule is CCC1CCCN(C(=O)c2c(C)nsc2NC)C1. The van der Waals surface area contributed by atoms with Crippen LogP contribution >= 0.6 is 11.5 Å². The Morgan fingerprint density at radius 1 is 1.61 bits per heavy atom. The quantitative estimate of drug-likeness (QED) is 0.916. The number of nitrogens with one attached hydrogen (secondary N) is 1. The molecule has 1 N–H and O–H groups in total. The highest BCUT2D eigenvalue weighted by atomic mass is 32.1. The van der Waals surface area contributed by atoms with Gasteiger partial charge in [-0.25, -0.2) is 0 Å². The van der Waals surface area contributed by atoms with Gasteiger partial charge in [0.15, 0.2) is 0 Å². The molecule has 0 spiro atoms. The van der Waals surface area contributed by atoms with E-state index in [-0.39, 0.29) is 5.91 Å². The van der Waals surface area contributed by atoms with Gasteiger partial charge in [-0.1, -0.05) is 13.3 Å². The lowest BCUT2D eigenvalue weighted by Gasteiger charge is -2.32. The average Bonchev–Trinajstić information content (AvgIpc) is 2.79. The van der Waals surface area contributed by atoms with Crippen molar-refractivity contribution in [3.8, 4) is 0 Å². The van der Waals surface area contributed by atoms with Gasteiger partial charge < -0.3 is 10.2 Å². The molecule has 2 heterocycles. The Morgan fingerprint density at radius 2 is 2.39 bits per heavy atom. The molecule has 1 unspecified atom stereocenters. The normalized spacial score (nSPS) is 19.9. The second kappa shape index (κ2) is 5.69. The van der Waals surface area contributed by atoms with Crippen LogP contribution in [0.2, 0.25) is 0 Å². The molecule has 1 amide bonds. The van der Waals surface area contributed by atoms with Gasteiger partial charge in [-0.2, -0.15) is 4.37 Å². The van der Waals surface area contributed by atoms with Gasteiger partial charge in [-0.15, -0.1) is 0 Å². The molecule has 2 rings (SSSR count). The highest BCUT2D eigenvalue weighted by Crippen LogP contribution is 2.28. The van der Waals surface area contributed by atoms with Crippen molar-refractivity contribution in [3.63, 3.8) is 0 Å². The van der Waals surface area contributed by atoms with Gasteiger partial charge >= 0.3 is 0 Å². The zero-order valence-electron chi connectivity index (χ0n) is 11.3. The number of likely N-dealkylation sites (tertiary alicyclic amines) is 1. The molecule has 0 aromatic carbocycles. The molecule has 0 aliphatic carbocycles. The lowest BCUT2D eigenvalue weighted by Crippen LogP contribution is -2.40. The Kier molecular flexibility index (Phi) is 4.22. The van der Waals surface area contributed by atoms with Crippen molar-refractivity contribution >= 4 is 22.4 Å². The summed E-state index contributed by atoms with van der Waals surface area (Å²) in [4.78, 5) is 14.6. The summed E-state index contributed by atoms with van der Waals surface area (Å²) in [7, 11) is 1.84. The zero-order chi connectivity index (χ0) is 13.1. The maximum absolute atomic E-state index is 12.6. The smallest absolute Gasteiger partial charge is 0.258 e. The van der Waals surface area contributed by atoms with Gasteiger partial charge in [0, 0.05) is 20.1 Å². The van der Waals surface area contributed by atoms with Gasteiger partial charge in [0.1, 0.15) is 5.00 Å². The van der Waals surface area contributed by atoms with E-state index in [0.29, 0.717) is 5.92 Å². The summed E-state index contributed by atoms with van der Waals surface area (Å²) in [6.45, 7) is 5.89. The maximum Gasteiger partial charge on any atom is 0.258 e. The second-order valence-electron chi connectivity index (χ2n) is 4.89. The van der Waals surface area contributed by atoms with E-state index in [0.717, 1.165) is 42.2 Å². The summed E-state index contributed by atoms with van der Waals surface area (Å²) in [6, 6.07) is 0. The lowest BCUT2D eigenvalue weighted by molar-refractivity contribution is 0.0671. The monoisotopic (exact) mass is 267 g/mol. The van der Waals surface area contributed by atoms with E-state index < -0.39 is 0 Å². The average molecular weight is 267 g/mol. The number of nitrogens with zero attached hydrogens (tertiary/aromatic N) is 2. The first-order valence-electron chi connectivity index (χ1n) is 6.60. The summed E-state index contributed by atoms with van der Waals surface area (Å²) in [5.74, 6) is 0.802. The van der Waals surface area contributed by atoms with Crippen LogP contribution in [0.15, 0.2) is 0 Å². The molecule has 1 saturated heterocycles. The van der Waals surface area contributed by atoms with Crippen LogP contribution in [0, 0.1) is 12.8 Å². The summed E-state index contributed by atoms with van der Waals surface area (Å²) >= 11 is 1.37. The molecular weight excluding hydrogens is 246 g/mol. The Hall–Kier alpha value is -1.10. The lowest BCUT2D eigenvalue weighted by atomic mass is 9.95. The molecule has 4 nitrogen and oxygen atoms in total. The first kappa shape index (κ1) is 13.3. The van der Waals surface area contributed by atoms with Crippen molar-refractivity contribution in [2.24, 2.45) is 5.92 Å². The second-order valence-corrected chi connectivity index (χ2v) is 5.66. The van der Waals surface area contributed by atoms with Crippen LogP contribution in [0.3, 0.4) is 0 Å². The zero-order valence-corrected chi connectivity index (χ0v) is 12.1. The fraction of sp³-hybridized carbons (Fsp3) is 0.692. The van der Waals surface area contributed by atoms with E-state index in [1.54, 1.807) is 0 Å². The summed E-state index contributed by atoms with van der Waals surface area (Å²) in [6.07, 6.45) is 3.53. The molecule has 5 heteroatoms. The molecule has 1 aromatic rings. The van der Waals surface area contributed by atoms with Gasteiger partial charge in [-0.05, 0) is 37.2 Å². The summed E-state index contributed by atoms with van der Waals surface area (Å²) in [5.41, 5.74) is 1.60. The maximum atomic E-state index is 12.6. The van der Waals surface area contributed by atoms with E-state index in [4.69, 9.17) is 0 Å². The molecule has 0 bridgehead atoms. The molecule has 0 radical (unpaired) electrons. The van der Waals surface area contributed by atoms with Crippen molar-refractivity contribution in [2.75, 3.05) is 25.5 Å². The summed E-state index contributed by atoms with van der Waals surface area (Å²) in [5, 5.41) is 3.96. The largest absolute Gasteiger partial charge is 0.378 e. The minimum Gasteiger partial charge on any atom is -0.378 e. The number of aryl methyl sites for hydroxylation is 1. The van der Waals surface area contributed by atoms with Crippen molar-refractivity contribution < 1.29 is 4.79 Å². The third-order valence-electron chi connectivity index (χ3n) is 3.69. The van der Waals surface area contributed by atoms with Gasteiger partial charge in [0.2, 0.25) is 0 Å². The van der Waals surface area contributed by atoms with Crippen LogP contribution in [-0.4, -0.2) is 35.3 Å². The number of aromatic nitrogens is 1. The molecule has 0 saturated carbocycles. The Balaban J connectivity index is 2.17. The third kappa shape index (κ3) is 2.51. The number of anilines is 1. The van der Waals surface area contributed by atoms with Crippen LogP contribution in [0.25, 0.3) is 0 Å². The number of carbonyl (C=O) groups is 1. The number of amides is 1. The van der Waals surface area contributed by atoms with Gasteiger partial charge in [0.05, 0.1) is 11.3 Å². The van der Waals surface area contributed by atoms with E-state index in [1.807, 2.05) is 18.9 Å². The Bertz CT molecular complexity index is 430. The molecular formula is C13H21N3OS. The van der Waals surface area contributed by atoms with Crippen LogP contribution in [0.1, 0.15) is 42.2 Å². The highest BCUT2D eigenvalue weighted by molar-refractivity contribution is 7.10. The molecule has 1 aliphatic heterocycles. The number of hydrogen-bond acceptors (Lipinski definition) is 4. The first-order chi connectivity index (χ1) is 8.67. The molecule has 1 aliphatic rings. The van der Waals surface area contributed by atoms with Crippen molar-refractivity contribution in [2.45, 2.75) is 33.1 Å². The standard InChI is InChI=1S/C13H21N3OS/c1-4-10-6-5-7-16(8-10)13(17)11-9(2)15-18-12(11)14-3/h10,14H,4-8H2,1-3H3. The minimum atomic E-state index is 0.142. The Morgan fingerprint density at radius 3 is 3.06 bits per heavy atom. The van der Waals surface area contributed by atoms with Crippen LogP contribution in [0.4, 0.5) is 5.00 Å². The number of carbonyl (C=O) groups excluding carboxylic acids is 1. The van der Waals surface area contributed by atoms with Gasteiger partial charge in [-0.3, -0.25) is 4.79 Å². The van der Waals surface area contributed by atoms with Gasteiger partial charge in [0.25, 0.3) is 5.91 Å². The fourth-order valence-electron chi connectivity index (χ4n) is 2.53. The predicted molar refractivity (Wildman–Crippen MR) is 75.3 cm³/mol. The van der Waals surface area contributed by atoms with Crippen molar-refractivity contribution in [3.05, 3.63) is 11.3 Å². The number of hydrogen-bond donors (Lipinski definition) is 1. The molecule has 18 heavy (non-hydrogen) atoms. The van der Waals surface area contributed by atoms with Crippen molar-refractivity contribution in [1.82, 2.24) is 9.27 Å². The summed E-state index contributed by atoms with van der Waals surface area (Å²) < 4.78 is 4.27. The van der Waals surface area contributed by atoms with E-state index in [2.05, 4.69) is 16.6 Å². The molecule has 1 fully saturated rings. The molecule has 100 valence electrons. The highest BCUT2D eigenvalue weighted by Gasteiger charge is 2.27. The van der Waals surface area contributed by atoms with E-state index >= 15 is 0 Å². The van der Waals surface area contributed by atoms with Crippen LogP contribution < -0.4 is 5.32 Å². The predicted octanol–water partition coefficient (Wildman–Crippen LogP) is 2.76. The molecule has 1 aromatic heterocycles. The fourth-order valence-corrected chi connectivity index (χ4v) is 3.27. The Labute approximate surface area is 113 Å². The number of rotatable bonds is 3. The first-order valence-corrected chi connectivity index (χ1v) is 7.38. The van der Waals surface area contributed by atoms with E-state index in [1.165, 1.54) is 18.0 Å². The molecule has 1 atom stereocenters. The third-order valence-corrected chi connectivity index (χ3v) is 4.64. The topological polar surface area (TPSA) is 45.2 Å². The van der Waals surface area contributed by atoms with Crippen molar-refractivity contribution in [1.29, 1.82) is 0 Å². The van der Waals surface area contributed by atoms with Crippen LogP contribution in [0.5, 0.6) is 0 Å².